The number of nitrogens with zero attached hydrogens (tertiary/aromatic N) is 1. The smallest absolute Gasteiger partial charge is 0.320 e. The van der Waals surface area contributed by atoms with Gasteiger partial charge in [-0.15, -0.1) is 0 Å². The van der Waals surface area contributed by atoms with Gasteiger partial charge in [-0.3, -0.25) is 5.32 Å². The van der Waals surface area contributed by atoms with Gasteiger partial charge in [0.1, 0.15) is 5.76 Å². The summed E-state index contributed by atoms with van der Waals surface area (Å²) in [6.07, 6.45) is 0.776. The number of hydrogen-bond donors (Lipinski definition) is 2. The number of carbonyl (C=O) groups is 1. The Labute approximate surface area is 119 Å². The molecule has 0 aliphatic heterocycles. The third-order valence-electron chi connectivity index (χ3n) is 2.48. The molecule has 0 unspecified atom stereocenters. The molecule has 0 aliphatic rings. The van der Waals surface area contributed by atoms with Crippen molar-refractivity contribution in [3.8, 4) is 0 Å². The number of urea groups is 1. The minimum Gasteiger partial charge on any atom is -0.360 e. The van der Waals surface area contributed by atoms with E-state index in [1.165, 1.54) is 5.56 Å². The summed E-state index contributed by atoms with van der Waals surface area (Å²) in [6, 6.07) is 9.37. The van der Waals surface area contributed by atoms with Crippen LogP contribution in [0.5, 0.6) is 0 Å². The van der Waals surface area contributed by atoms with Crippen molar-refractivity contribution >= 4 is 27.8 Å². The number of anilines is 1. The lowest BCUT2D eigenvalue weighted by molar-refractivity contribution is 0.252. The molecule has 0 saturated carbocycles. The molecule has 0 atom stereocenters. The second-order valence-corrected chi connectivity index (χ2v) is 5.00. The molecule has 6 heteroatoms. The van der Waals surface area contributed by atoms with Gasteiger partial charge in [0, 0.05) is 17.1 Å². The maximum atomic E-state index is 11.6. The van der Waals surface area contributed by atoms with Crippen molar-refractivity contribution in [2.45, 2.75) is 13.3 Å². The van der Waals surface area contributed by atoms with Crippen LogP contribution in [0.15, 0.2) is 39.3 Å². The molecule has 2 amide bonds. The summed E-state index contributed by atoms with van der Waals surface area (Å²) in [7, 11) is 0. The first-order valence-electron chi connectivity index (χ1n) is 5.86. The fourth-order valence-electron chi connectivity index (χ4n) is 1.56. The summed E-state index contributed by atoms with van der Waals surface area (Å²) in [5, 5.41) is 9.04. The number of carbonyl (C=O) groups excluding carboxylic acids is 1. The van der Waals surface area contributed by atoms with Crippen LogP contribution in [-0.4, -0.2) is 17.7 Å². The highest BCUT2D eigenvalue weighted by Gasteiger charge is 2.04. The summed E-state index contributed by atoms with van der Waals surface area (Å²) in [6.45, 7) is 2.33. The van der Waals surface area contributed by atoms with Gasteiger partial charge in [0.25, 0.3) is 0 Å². The number of halogens is 1. The van der Waals surface area contributed by atoms with E-state index in [1.807, 2.05) is 24.3 Å². The molecular weight excluding hydrogens is 310 g/mol. The maximum Gasteiger partial charge on any atom is 0.320 e. The third kappa shape index (κ3) is 4.40. The fourth-order valence-corrected chi connectivity index (χ4v) is 1.82. The van der Waals surface area contributed by atoms with Crippen LogP contribution in [0, 0.1) is 6.92 Å². The molecule has 2 N–H and O–H groups in total. The van der Waals surface area contributed by atoms with E-state index in [0.717, 1.165) is 10.9 Å². The Morgan fingerprint density at radius 2 is 2.11 bits per heavy atom. The monoisotopic (exact) mass is 323 g/mol. The molecular formula is C13H14BrN3O2. The summed E-state index contributed by atoms with van der Waals surface area (Å²) < 4.78 is 5.90. The lowest BCUT2D eigenvalue weighted by Gasteiger charge is -2.05. The highest BCUT2D eigenvalue weighted by atomic mass is 79.9. The Bertz CT molecular complexity index is 551. The Hall–Kier alpha value is -1.82. The van der Waals surface area contributed by atoms with Crippen molar-refractivity contribution in [1.82, 2.24) is 10.5 Å². The Kier molecular flexibility index (Phi) is 4.57. The number of benzene rings is 1. The number of aryl methyl sites for hydroxylation is 1. The molecule has 0 fully saturated rings. The van der Waals surface area contributed by atoms with E-state index in [0.29, 0.717) is 18.1 Å². The van der Waals surface area contributed by atoms with Crippen molar-refractivity contribution < 1.29 is 9.32 Å². The van der Waals surface area contributed by atoms with Crippen molar-refractivity contribution in [1.29, 1.82) is 0 Å². The molecule has 0 spiro atoms. The van der Waals surface area contributed by atoms with Crippen LogP contribution < -0.4 is 10.6 Å². The standard InChI is InChI=1S/C13H14BrN3O2/c1-9-8-12(17-19-9)16-13(18)15-7-6-10-2-4-11(14)5-3-10/h2-5,8H,6-7H2,1H3,(H2,15,16,17,18). The lowest BCUT2D eigenvalue weighted by Crippen LogP contribution is -2.30. The Balaban J connectivity index is 1.73. The highest BCUT2D eigenvalue weighted by Crippen LogP contribution is 2.10. The van der Waals surface area contributed by atoms with Crippen LogP contribution in [0.2, 0.25) is 0 Å². The van der Waals surface area contributed by atoms with E-state index in [2.05, 4.69) is 31.7 Å². The maximum absolute atomic E-state index is 11.6. The normalized spacial score (nSPS) is 10.2. The van der Waals surface area contributed by atoms with Crippen LogP contribution in [0.1, 0.15) is 11.3 Å². The van der Waals surface area contributed by atoms with E-state index in [9.17, 15) is 4.79 Å². The number of nitrogens with one attached hydrogen (secondary N) is 2. The number of amides is 2. The van der Waals surface area contributed by atoms with Crippen LogP contribution in [0.4, 0.5) is 10.6 Å². The predicted molar refractivity (Wildman–Crippen MR) is 76.1 cm³/mol. The van der Waals surface area contributed by atoms with E-state index in [4.69, 9.17) is 4.52 Å². The quantitative estimate of drug-likeness (QED) is 0.908. The van der Waals surface area contributed by atoms with Crippen LogP contribution >= 0.6 is 15.9 Å². The first kappa shape index (κ1) is 13.6. The van der Waals surface area contributed by atoms with Gasteiger partial charge in [-0.25, -0.2) is 4.79 Å². The molecule has 1 aromatic carbocycles. The van der Waals surface area contributed by atoms with E-state index >= 15 is 0 Å². The van der Waals surface area contributed by atoms with Gasteiger partial charge >= 0.3 is 6.03 Å². The van der Waals surface area contributed by atoms with Crippen molar-refractivity contribution in [3.63, 3.8) is 0 Å². The molecule has 1 heterocycles. The SMILES string of the molecule is Cc1cc(NC(=O)NCCc2ccc(Br)cc2)no1. The summed E-state index contributed by atoms with van der Waals surface area (Å²) in [5.74, 6) is 1.07. The second kappa shape index (κ2) is 6.38. The second-order valence-electron chi connectivity index (χ2n) is 4.08. The van der Waals surface area contributed by atoms with Gasteiger partial charge in [0.15, 0.2) is 5.82 Å². The third-order valence-corrected chi connectivity index (χ3v) is 3.01. The van der Waals surface area contributed by atoms with Crippen LogP contribution in [0.25, 0.3) is 0 Å². The molecule has 2 rings (SSSR count). The Morgan fingerprint density at radius 3 is 2.74 bits per heavy atom. The van der Waals surface area contributed by atoms with Crippen molar-refractivity contribution in [3.05, 3.63) is 46.1 Å². The molecule has 0 radical (unpaired) electrons. The first-order chi connectivity index (χ1) is 9.13. The minimum atomic E-state index is -0.287. The van der Waals surface area contributed by atoms with Crippen LogP contribution in [-0.2, 0) is 6.42 Å². The molecule has 0 saturated heterocycles. The highest BCUT2D eigenvalue weighted by molar-refractivity contribution is 9.10. The van der Waals surface area contributed by atoms with Gasteiger partial charge in [0.05, 0.1) is 0 Å². The minimum absolute atomic E-state index is 0.287. The Morgan fingerprint density at radius 1 is 1.37 bits per heavy atom. The zero-order valence-electron chi connectivity index (χ0n) is 10.4. The molecule has 5 nitrogen and oxygen atoms in total. The van der Waals surface area contributed by atoms with Gasteiger partial charge in [-0.1, -0.05) is 33.2 Å². The summed E-state index contributed by atoms with van der Waals surface area (Å²) in [5.41, 5.74) is 1.17. The zero-order valence-corrected chi connectivity index (χ0v) is 12.0. The molecule has 0 bridgehead atoms. The van der Waals surface area contributed by atoms with Gasteiger partial charge in [-0.2, -0.15) is 0 Å². The topological polar surface area (TPSA) is 67.2 Å². The average Bonchev–Trinajstić information content (AvgIpc) is 2.77. The summed E-state index contributed by atoms with van der Waals surface area (Å²) >= 11 is 3.38. The average molecular weight is 324 g/mol. The zero-order chi connectivity index (χ0) is 13.7. The van der Waals surface area contributed by atoms with Crippen molar-refractivity contribution in [2.24, 2.45) is 0 Å². The van der Waals surface area contributed by atoms with Crippen LogP contribution in [0.3, 0.4) is 0 Å². The van der Waals surface area contributed by atoms with E-state index in [1.54, 1.807) is 13.0 Å². The molecule has 2 aromatic rings. The van der Waals surface area contributed by atoms with Crippen molar-refractivity contribution in [2.75, 3.05) is 11.9 Å². The fraction of sp³-hybridized carbons (Fsp3) is 0.231. The van der Waals surface area contributed by atoms with Gasteiger partial charge in [-0.05, 0) is 31.0 Å². The van der Waals surface area contributed by atoms with E-state index in [-0.39, 0.29) is 6.03 Å². The van der Waals surface area contributed by atoms with E-state index < -0.39 is 0 Å². The lowest BCUT2D eigenvalue weighted by atomic mass is 10.1. The molecule has 19 heavy (non-hydrogen) atoms. The largest absolute Gasteiger partial charge is 0.360 e. The number of aromatic nitrogens is 1. The number of hydrogen-bond acceptors (Lipinski definition) is 3. The predicted octanol–water partition coefficient (Wildman–Crippen LogP) is 3.11. The first-order valence-corrected chi connectivity index (χ1v) is 6.65. The molecule has 0 aliphatic carbocycles. The van der Waals surface area contributed by atoms with Gasteiger partial charge < -0.3 is 9.84 Å². The summed E-state index contributed by atoms with van der Waals surface area (Å²) in [4.78, 5) is 11.6. The molecule has 1 aromatic heterocycles. The molecule has 100 valence electrons. The van der Waals surface area contributed by atoms with Gasteiger partial charge in [0.2, 0.25) is 0 Å². The number of rotatable bonds is 4.